The Bertz CT molecular complexity index is 600. The average molecular weight is 246 g/mol. The molecule has 1 atom stereocenters. The maximum atomic E-state index is 11.8. The molecule has 96 valence electrons. The highest BCUT2D eigenvalue weighted by molar-refractivity contribution is 5.85. The number of amides is 1. The molecule has 0 aliphatic rings. The van der Waals surface area contributed by atoms with Crippen LogP contribution in [-0.2, 0) is 11.8 Å². The predicted octanol–water partition coefficient (Wildman–Crippen LogP) is 0.970. The zero-order valence-corrected chi connectivity index (χ0v) is 11.1. The van der Waals surface area contributed by atoms with Crippen LogP contribution in [0.5, 0.6) is 0 Å². The van der Waals surface area contributed by atoms with E-state index >= 15 is 0 Å². The highest BCUT2D eigenvalue weighted by atomic mass is 16.2. The van der Waals surface area contributed by atoms with Gasteiger partial charge in [-0.05, 0) is 24.6 Å². The molecule has 5 nitrogen and oxygen atoms in total. The lowest BCUT2D eigenvalue weighted by molar-refractivity contribution is -0.130. The number of hydrogen-bond donors (Lipinski definition) is 1. The fourth-order valence-corrected chi connectivity index (χ4v) is 1.95. The Morgan fingerprint density at radius 2 is 2.11 bits per heavy atom. The highest BCUT2D eigenvalue weighted by Gasteiger charge is 2.18. The van der Waals surface area contributed by atoms with Crippen molar-refractivity contribution in [2.75, 3.05) is 14.1 Å². The van der Waals surface area contributed by atoms with Crippen molar-refractivity contribution in [1.29, 1.82) is 0 Å². The Balaban J connectivity index is 2.44. The highest BCUT2D eigenvalue weighted by Crippen LogP contribution is 2.20. The van der Waals surface area contributed by atoms with Crippen molar-refractivity contribution in [3.05, 3.63) is 29.6 Å². The molecule has 5 heteroatoms. The van der Waals surface area contributed by atoms with Gasteiger partial charge in [0.1, 0.15) is 11.9 Å². The SMILES string of the molecule is Cc1nc2cc(C(N)C(=O)N(C)C)ccc2n1C. The van der Waals surface area contributed by atoms with Crippen molar-refractivity contribution in [3.63, 3.8) is 0 Å². The maximum Gasteiger partial charge on any atom is 0.243 e. The van der Waals surface area contributed by atoms with E-state index in [0.717, 1.165) is 22.4 Å². The van der Waals surface area contributed by atoms with E-state index in [0.29, 0.717) is 0 Å². The number of aromatic nitrogens is 2. The Morgan fingerprint density at radius 1 is 1.44 bits per heavy atom. The van der Waals surface area contributed by atoms with Gasteiger partial charge in [0.2, 0.25) is 5.91 Å². The molecule has 0 saturated carbocycles. The number of nitrogens with zero attached hydrogens (tertiary/aromatic N) is 3. The molecule has 0 saturated heterocycles. The lowest BCUT2D eigenvalue weighted by Crippen LogP contribution is -2.33. The quantitative estimate of drug-likeness (QED) is 0.858. The molecule has 0 spiro atoms. The van der Waals surface area contributed by atoms with E-state index in [1.807, 2.05) is 36.7 Å². The number of likely N-dealkylation sites (N-methyl/N-ethyl adjacent to an activating group) is 1. The van der Waals surface area contributed by atoms with Crippen molar-refractivity contribution in [3.8, 4) is 0 Å². The van der Waals surface area contributed by atoms with Crippen LogP contribution in [0.25, 0.3) is 11.0 Å². The second-order valence-electron chi connectivity index (χ2n) is 4.68. The molecule has 0 aliphatic carbocycles. The maximum absolute atomic E-state index is 11.8. The molecular formula is C13H18N4O. The summed E-state index contributed by atoms with van der Waals surface area (Å²) < 4.78 is 2.01. The first-order valence-electron chi connectivity index (χ1n) is 5.81. The molecule has 1 heterocycles. The zero-order chi connectivity index (χ0) is 13.4. The summed E-state index contributed by atoms with van der Waals surface area (Å²) in [5, 5.41) is 0. The predicted molar refractivity (Wildman–Crippen MR) is 71.1 cm³/mol. The first-order chi connectivity index (χ1) is 8.41. The number of fused-ring (bicyclic) bond motifs is 1. The Kier molecular flexibility index (Phi) is 3.09. The van der Waals surface area contributed by atoms with Gasteiger partial charge in [-0.3, -0.25) is 4.79 Å². The molecule has 0 fully saturated rings. The van der Waals surface area contributed by atoms with Crippen LogP contribution in [0.4, 0.5) is 0 Å². The van der Waals surface area contributed by atoms with E-state index in [1.165, 1.54) is 4.90 Å². The van der Waals surface area contributed by atoms with Gasteiger partial charge in [0.05, 0.1) is 11.0 Å². The minimum absolute atomic E-state index is 0.109. The van der Waals surface area contributed by atoms with Gasteiger partial charge in [-0.15, -0.1) is 0 Å². The van der Waals surface area contributed by atoms with Crippen molar-refractivity contribution >= 4 is 16.9 Å². The zero-order valence-electron chi connectivity index (χ0n) is 11.1. The molecule has 1 unspecified atom stereocenters. The molecule has 2 N–H and O–H groups in total. The standard InChI is InChI=1S/C13H18N4O/c1-8-15-10-7-9(5-6-11(10)17(8)4)12(14)13(18)16(2)3/h5-7,12H,14H2,1-4H3. The smallest absolute Gasteiger partial charge is 0.243 e. The van der Waals surface area contributed by atoms with E-state index in [2.05, 4.69) is 4.98 Å². The lowest BCUT2D eigenvalue weighted by atomic mass is 10.1. The van der Waals surface area contributed by atoms with Crippen LogP contribution in [0.3, 0.4) is 0 Å². The number of hydrogen-bond acceptors (Lipinski definition) is 3. The summed E-state index contributed by atoms with van der Waals surface area (Å²) in [5.74, 6) is 0.830. The van der Waals surface area contributed by atoms with Gasteiger partial charge in [0.15, 0.2) is 0 Å². The summed E-state index contributed by atoms with van der Waals surface area (Å²) in [6.07, 6.45) is 0. The topological polar surface area (TPSA) is 64.2 Å². The lowest BCUT2D eigenvalue weighted by Gasteiger charge is -2.16. The first-order valence-corrected chi connectivity index (χ1v) is 5.81. The second kappa shape index (κ2) is 4.42. The van der Waals surface area contributed by atoms with Crippen molar-refractivity contribution < 1.29 is 4.79 Å². The van der Waals surface area contributed by atoms with Crippen LogP contribution in [0.1, 0.15) is 17.4 Å². The summed E-state index contributed by atoms with van der Waals surface area (Å²) in [6, 6.07) is 5.09. The third-order valence-electron chi connectivity index (χ3n) is 3.19. The van der Waals surface area contributed by atoms with Crippen molar-refractivity contribution in [1.82, 2.24) is 14.5 Å². The van der Waals surface area contributed by atoms with Gasteiger partial charge in [-0.25, -0.2) is 4.98 Å². The third-order valence-corrected chi connectivity index (χ3v) is 3.19. The van der Waals surface area contributed by atoms with Gasteiger partial charge in [0, 0.05) is 21.1 Å². The minimum Gasteiger partial charge on any atom is -0.347 e. The number of imidazole rings is 1. The number of carbonyl (C=O) groups excluding carboxylic acids is 1. The third kappa shape index (κ3) is 1.97. The van der Waals surface area contributed by atoms with E-state index < -0.39 is 6.04 Å². The van der Waals surface area contributed by atoms with Gasteiger partial charge in [-0.1, -0.05) is 6.07 Å². The number of aryl methyl sites for hydroxylation is 2. The molecule has 1 amide bonds. The van der Waals surface area contributed by atoms with Crippen LogP contribution in [0.15, 0.2) is 18.2 Å². The summed E-state index contributed by atoms with van der Waals surface area (Å²) in [6.45, 7) is 1.95. The van der Waals surface area contributed by atoms with Crippen LogP contribution < -0.4 is 5.73 Å². The summed E-state index contributed by atoms with van der Waals surface area (Å²) in [7, 11) is 5.37. The van der Waals surface area contributed by atoms with Crippen LogP contribution in [0.2, 0.25) is 0 Å². The Hall–Kier alpha value is -1.88. The number of rotatable bonds is 2. The largest absolute Gasteiger partial charge is 0.347 e. The summed E-state index contributed by atoms with van der Waals surface area (Å²) in [4.78, 5) is 17.8. The normalized spacial score (nSPS) is 12.7. The van der Waals surface area contributed by atoms with E-state index in [1.54, 1.807) is 14.1 Å². The van der Waals surface area contributed by atoms with Crippen LogP contribution >= 0.6 is 0 Å². The number of carbonyl (C=O) groups is 1. The van der Waals surface area contributed by atoms with Gasteiger partial charge in [-0.2, -0.15) is 0 Å². The molecule has 18 heavy (non-hydrogen) atoms. The number of nitrogens with two attached hydrogens (primary N) is 1. The summed E-state index contributed by atoms with van der Waals surface area (Å²) in [5.41, 5.74) is 8.65. The molecule has 0 aliphatic heterocycles. The van der Waals surface area contributed by atoms with Crippen molar-refractivity contribution in [2.45, 2.75) is 13.0 Å². The first kappa shape index (κ1) is 12.6. The molecule has 1 aromatic carbocycles. The molecule has 0 bridgehead atoms. The molecule has 1 aromatic heterocycles. The Morgan fingerprint density at radius 3 is 2.72 bits per heavy atom. The summed E-state index contributed by atoms with van der Waals surface area (Å²) >= 11 is 0. The molecule has 0 radical (unpaired) electrons. The molecule has 2 rings (SSSR count). The molecule has 2 aromatic rings. The van der Waals surface area contributed by atoms with Crippen LogP contribution in [-0.4, -0.2) is 34.5 Å². The fraction of sp³-hybridized carbons (Fsp3) is 0.385. The number of benzene rings is 1. The Labute approximate surface area is 106 Å². The molecular weight excluding hydrogens is 228 g/mol. The van der Waals surface area contributed by atoms with Crippen molar-refractivity contribution in [2.24, 2.45) is 12.8 Å². The van der Waals surface area contributed by atoms with E-state index in [-0.39, 0.29) is 5.91 Å². The van der Waals surface area contributed by atoms with Gasteiger partial charge < -0.3 is 15.2 Å². The van der Waals surface area contributed by atoms with Gasteiger partial charge in [0.25, 0.3) is 0 Å². The average Bonchev–Trinajstić information content (AvgIpc) is 2.62. The minimum atomic E-state index is -0.633. The van der Waals surface area contributed by atoms with Crippen LogP contribution in [0, 0.1) is 6.92 Å². The second-order valence-corrected chi connectivity index (χ2v) is 4.68. The van der Waals surface area contributed by atoms with E-state index in [4.69, 9.17) is 5.73 Å². The monoisotopic (exact) mass is 246 g/mol. The fourth-order valence-electron chi connectivity index (χ4n) is 1.95. The van der Waals surface area contributed by atoms with E-state index in [9.17, 15) is 4.79 Å². The van der Waals surface area contributed by atoms with Gasteiger partial charge >= 0.3 is 0 Å².